The molecule has 1 saturated heterocycles. The van der Waals surface area contributed by atoms with Crippen LogP contribution in [-0.2, 0) is 11.2 Å². The Morgan fingerprint density at radius 3 is 2.69 bits per heavy atom. The zero-order valence-electron chi connectivity index (χ0n) is 14.8. The Balaban J connectivity index is 1.67. The minimum atomic E-state index is -1.24. The lowest BCUT2D eigenvalue weighted by molar-refractivity contribution is -0.145. The van der Waals surface area contributed by atoms with E-state index in [1.54, 1.807) is 17.0 Å². The SMILES string of the molecule is Nc1cccc(CC(=O)NCCCCN2C[C@H](O)[C@@H](O)[C@H](O)[C@H]2CO)c1. The van der Waals surface area contributed by atoms with E-state index in [4.69, 9.17) is 5.73 Å². The number of hydrogen-bond donors (Lipinski definition) is 6. The molecule has 0 bridgehead atoms. The molecule has 26 heavy (non-hydrogen) atoms. The number of piperidine rings is 1. The lowest BCUT2D eigenvalue weighted by atomic mass is 9.94. The van der Waals surface area contributed by atoms with Crippen molar-refractivity contribution in [1.82, 2.24) is 10.2 Å². The number of anilines is 1. The first-order valence-corrected chi connectivity index (χ1v) is 8.92. The molecule has 0 spiro atoms. The number of rotatable bonds is 8. The fourth-order valence-corrected chi connectivity index (χ4v) is 3.25. The van der Waals surface area contributed by atoms with Gasteiger partial charge in [-0.1, -0.05) is 12.1 Å². The number of likely N-dealkylation sites (tertiary alicyclic amines) is 1. The van der Waals surface area contributed by atoms with Crippen molar-refractivity contribution >= 4 is 11.6 Å². The second-order valence-corrected chi connectivity index (χ2v) is 6.77. The van der Waals surface area contributed by atoms with Gasteiger partial charge in [-0.25, -0.2) is 0 Å². The van der Waals surface area contributed by atoms with Crippen molar-refractivity contribution in [2.45, 2.75) is 43.6 Å². The van der Waals surface area contributed by atoms with Crippen LogP contribution in [0, 0.1) is 0 Å². The summed E-state index contributed by atoms with van der Waals surface area (Å²) in [7, 11) is 0. The topological polar surface area (TPSA) is 139 Å². The number of benzene rings is 1. The smallest absolute Gasteiger partial charge is 0.224 e. The molecule has 0 saturated carbocycles. The third-order valence-electron chi connectivity index (χ3n) is 4.73. The monoisotopic (exact) mass is 367 g/mol. The van der Waals surface area contributed by atoms with Crippen LogP contribution in [-0.4, -0.2) is 81.8 Å². The van der Waals surface area contributed by atoms with Gasteiger partial charge in [-0.3, -0.25) is 9.69 Å². The first-order chi connectivity index (χ1) is 12.4. The maximum atomic E-state index is 11.9. The molecular weight excluding hydrogens is 338 g/mol. The number of hydrogen-bond acceptors (Lipinski definition) is 7. The minimum absolute atomic E-state index is 0.0734. The third kappa shape index (κ3) is 5.65. The van der Waals surface area contributed by atoms with Crippen molar-refractivity contribution in [3.05, 3.63) is 29.8 Å². The molecule has 8 nitrogen and oxygen atoms in total. The van der Waals surface area contributed by atoms with E-state index >= 15 is 0 Å². The highest BCUT2D eigenvalue weighted by molar-refractivity contribution is 5.78. The van der Waals surface area contributed by atoms with Gasteiger partial charge in [-0.05, 0) is 37.1 Å². The fourth-order valence-electron chi connectivity index (χ4n) is 3.25. The summed E-state index contributed by atoms with van der Waals surface area (Å²) in [5.41, 5.74) is 7.18. The van der Waals surface area contributed by atoms with Gasteiger partial charge >= 0.3 is 0 Å². The molecule has 4 atom stereocenters. The molecule has 1 aromatic rings. The third-order valence-corrected chi connectivity index (χ3v) is 4.73. The van der Waals surface area contributed by atoms with E-state index in [1.165, 1.54) is 0 Å². The minimum Gasteiger partial charge on any atom is -0.399 e. The van der Waals surface area contributed by atoms with Crippen molar-refractivity contribution in [2.75, 3.05) is 32.0 Å². The molecule has 1 aliphatic heterocycles. The Labute approximate surface area is 153 Å². The molecule has 8 heteroatoms. The lowest BCUT2D eigenvalue weighted by Crippen LogP contribution is -2.62. The second-order valence-electron chi connectivity index (χ2n) is 6.77. The van der Waals surface area contributed by atoms with Gasteiger partial charge < -0.3 is 31.5 Å². The quantitative estimate of drug-likeness (QED) is 0.242. The number of nitrogens with one attached hydrogen (secondary N) is 1. The Kier molecular flexibility index (Phi) is 7.80. The van der Waals surface area contributed by atoms with Gasteiger partial charge in [0.1, 0.15) is 12.2 Å². The number of β-amino-alcohol motifs (C(OH)–C–C–N with tert-alkyl or cyclic N) is 1. The number of nitrogens with zero attached hydrogens (tertiary/aromatic N) is 1. The predicted molar refractivity (Wildman–Crippen MR) is 97.3 cm³/mol. The number of carbonyl (C=O) groups excluding carboxylic acids is 1. The standard InChI is InChI=1S/C18H29N3O5/c19-13-5-3-4-12(8-13)9-16(24)20-6-1-2-7-21-10-15(23)18(26)17(25)14(21)11-22/h3-5,8,14-15,17-18,22-23,25-26H,1-2,6-7,9-11,19H2,(H,20,24)/t14-,15+,17-,18-/m1/s1. The lowest BCUT2D eigenvalue weighted by Gasteiger charge is -2.43. The highest BCUT2D eigenvalue weighted by Gasteiger charge is 2.40. The number of carbonyl (C=O) groups is 1. The van der Waals surface area contributed by atoms with E-state index in [9.17, 15) is 25.2 Å². The summed E-state index contributed by atoms with van der Waals surface area (Å²) in [6.07, 6.45) is -1.72. The van der Waals surface area contributed by atoms with E-state index in [1.807, 2.05) is 12.1 Å². The largest absolute Gasteiger partial charge is 0.399 e. The van der Waals surface area contributed by atoms with Crippen LogP contribution in [0.1, 0.15) is 18.4 Å². The Hall–Kier alpha value is -1.71. The average Bonchev–Trinajstić information content (AvgIpc) is 2.59. The summed E-state index contributed by atoms with van der Waals surface area (Å²) in [5, 5.41) is 41.6. The first-order valence-electron chi connectivity index (χ1n) is 8.92. The van der Waals surface area contributed by atoms with Crippen molar-refractivity contribution in [3.8, 4) is 0 Å². The summed E-state index contributed by atoms with van der Waals surface area (Å²) < 4.78 is 0. The Morgan fingerprint density at radius 1 is 1.23 bits per heavy atom. The molecule has 1 aliphatic rings. The van der Waals surface area contributed by atoms with Crippen LogP contribution in [0.5, 0.6) is 0 Å². The normalized spacial score (nSPS) is 26.6. The molecular formula is C18H29N3O5. The van der Waals surface area contributed by atoms with Crippen LogP contribution in [0.25, 0.3) is 0 Å². The van der Waals surface area contributed by atoms with Gasteiger partial charge in [0.05, 0.1) is 25.2 Å². The zero-order chi connectivity index (χ0) is 19.1. The van der Waals surface area contributed by atoms with Crippen LogP contribution in [0.15, 0.2) is 24.3 Å². The molecule has 0 radical (unpaired) electrons. The highest BCUT2D eigenvalue weighted by Crippen LogP contribution is 2.19. The molecule has 7 N–H and O–H groups in total. The predicted octanol–water partition coefficient (Wildman–Crippen LogP) is -1.53. The molecule has 1 heterocycles. The van der Waals surface area contributed by atoms with Gasteiger partial charge in [-0.2, -0.15) is 0 Å². The van der Waals surface area contributed by atoms with Gasteiger partial charge in [0.2, 0.25) is 5.91 Å². The molecule has 1 aromatic carbocycles. The highest BCUT2D eigenvalue weighted by atomic mass is 16.4. The van der Waals surface area contributed by atoms with Crippen LogP contribution in [0.4, 0.5) is 5.69 Å². The molecule has 0 unspecified atom stereocenters. The van der Waals surface area contributed by atoms with E-state index in [2.05, 4.69) is 5.32 Å². The number of amides is 1. The van der Waals surface area contributed by atoms with Crippen molar-refractivity contribution in [1.29, 1.82) is 0 Å². The number of nitrogen functional groups attached to an aromatic ring is 1. The Bertz CT molecular complexity index is 586. The van der Waals surface area contributed by atoms with Crippen molar-refractivity contribution < 1.29 is 25.2 Å². The second kappa shape index (κ2) is 9.84. The van der Waals surface area contributed by atoms with E-state index in [0.29, 0.717) is 18.8 Å². The number of nitrogens with two attached hydrogens (primary N) is 1. The van der Waals surface area contributed by atoms with E-state index in [-0.39, 0.29) is 25.5 Å². The number of aliphatic hydroxyl groups excluding tert-OH is 4. The summed E-state index contributed by atoms with van der Waals surface area (Å²) in [5.74, 6) is -0.0734. The molecule has 0 aromatic heterocycles. The zero-order valence-corrected chi connectivity index (χ0v) is 14.8. The van der Waals surface area contributed by atoms with E-state index in [0.717, 1.165) is 18.4 Å². The van der Waals surface area contributed by atoms with Crippen LogP contribution < -0.4 is 11.1 Å². The van der Waals surface area contributed by atoms with Gasteiger partial charge in [0, 0.05) is 18.8 Å². The summed E-state index contributed by atoms with van der Waals surface area (Å²) in [6.45, 7) is 0.983. The van der Waals surface area contributed by atoms with Crippen LogP contribution in [0.2, 0.25) is 0 Å². The fraction of sp³-hybridized carbons (Fsp3) is 0.611. The molecule has 1 fully saturated rings. The maximum absolute atomic E-state index is 11.9. The van der Waals surface area contributed by atoms with Gasteiger partial charge in [0.15, 0.2) is 0 Å². The molecule has 2 rings (SSSR count). The average molecular weight is 367 g/mol. The van der Waals surface area contributed by atoms with Crippen molar-refractivity contribution in [3.63, 3.8) is 0 Å². The maximum Gasteiger partial charge on any atom is 0.224 e. The van der Waals surface area contributed by atoms with Gasteiger partial charge in [-0.15, -0.1) is 0 Å². The molecule has 146 valence electrons. The van der Waals surface area contributed by atoms with Crippen molar-refractivity contribution in [2.24, 2.45) is 0 Å². The summed E-state index contributed by atoms with van der Waals surface area (Å²) >= 11 is 0. The van der Waals surface area contributed by atoms with E-state index < -0.39 is 24.4 Å². The summed E-state index contributed by atoms with van der Waals surface area (Å²) in [6, 6.07) is 6.62. The summed E-state index contributed by atoms with van der Waals surface area (Å²) in [4.78, 5) is 13.7. The molecule has 0 aliphatic carbocycles. The number of unbranched alkanes of at least 4 members (excludes halogenated alkanes) is 1. The van der Waals surface area contributed by atoms with Crippen LogP contribution >= 0.6 is 0 Å². The van der Waals surface area contributed by atoms with Crippen LogP contribution in [0.3, 0.4) is 0 Å². The Morgan fingerprint density at radius 2 is 2.00 bits per heavy atom. The van der Waals surface area contributed by atoms with Gasteiger partial charge in [0.25, 0.3) is 0 Å². The number of aliphatic hydroxyl groups is 4. The molecule has 1 amide bonds. The first kappa shape index (κ1) is 20.6.